The molecule has 0 radical (unpaired) electrons. The van der Waals surface area contributed by atoms with Crippen LogP contribution >= 0.6 is 11.3 Å². The Hall–Kier alpha value is -2.30. The topological polar surface area (TPSA) is 122 Å². The summed E-state index contributed by atoms with van der Waals surface area (Å²) in [5.41, 5.74) is 7.02. The second-order valence-electron chi connectivity index (χ2n) is 11.3. The molecule has 1 aromatic carbocycles. The number of aromatic nitrogens is 1. The molecule has 0 saturated heterocycles. The highest BCUT2D eigenvalue weighted by Gasteiger charge is 2.54. The van der Waals surface area contributed by atoms with Gasteiger partial charge in [-0.3, -0.25) is 14.5 Å². The van der Waals surface area contributed by atoms with Gasteiger partial charge in [0.1, 0.15) is 0 Å². The zero-order valence-corrected chi connectivity index (χ0v) is 23.3. The van der Waals surface area contributed by atoms with Crippen LogP contribution in [-0.2, 0) is 32.4 Å². The van der Waals surface area contributed by atoms with Crippen molar-refractivity contribution in [2.24, 2.45) is 22.5 Å². The van der Waals surface area contributed by atoms with E-state index >= 15 is 0 Å². The van der Waals surface area contributed by atoms with Crippen LogP contribution in [0.2, 0.25) is 0 Å². The van der Waals surface area contributed by atoms with Crippen molar-refractivity contribution in [1.29, 1.82) is 0 Å². The lowest BCUT2D eigenvalue weighted by Crippen LogP contribution is -2.54. The summed E-state index contributed by atoms with van der Waals surface area (Å²) in [6, 6.07) is 6.63. The second-order valence-corrected chi connectivity index (χ2v) is 14.6. The number of amides is 2. The van der Waals surface area contributed by atoms with Gasteiger partial charge >= 0.3 is 0 Å². The van der Waals surface area contributed by atoms with E-state index in [9.17, 15) is 18.0 Å². The van der Waals surface area contributed by atoms with Crippen LogP contribution < -0.4 is 11.1 Å². The zero-order valence-electron chi connectivity index (χ0n) is 21.6. The molecular formula is C26H36N4O4S2. The SMILES string of the molecule is CCS(=O)(=O)c1ccc(CC(=O)Nc2nc3c(s2)CN(CC2(C)CC(C)(C(N)=O)C2)[C@H]3C(C)C)cc1. The standard InChI is InChI=1S/C26H36N4O4S2/c1-6-36(33,34)18-9-7-17(8-10-18)11-20(31)28-24-29-21-19(35-24)12-30(22(21)16(2)3)15-25(4)13-26(5,14-25)23(27)32/h7-10,16,22H,6,11-15H2,1-5H3,(H2,27,32)(H,28,29,31)/t22-,25?,26?/m0/s1. The number of nitrogens with zero attached hydrogens (tertiary/aromatic N) is 2. The van der Waals surface area contributed by atoms with Gasteiger partial charge in [-0.1, -0.05) is 46.8 Å². The average molecular weight is 533 g/mol. The van der Waals surface area contributed by atoms with Gasteiger partial charge < -0.3 is 11.1 Å². The van der Waals surface area contributed by atoms with E-state index in [0.29, 0.717) is 11.0 Å². The molecule has 8 nitrogen and oxygen atoms in total. The molecule has 0 bridgehead atoms. The molecule has 0 spiro atoms. The lowest BCUT2D eigenvalue weighted by molar-refractivity contribution is -0.142. The van der Waals surface area contributed by atoms with Crippen molar-refractivity contribution in [3.8, 4) is 0 Å². The van der Waals surface area contributed by atoms with E-state index in [1.807, 2.05) is 6.92 Å². The molecule has 10 heteroatoms. The van der Waals surface area contributed by atoms with Gasteiger partial charge in [-0.05, 0) is 41.9 Å². The Balaban J connectivity index is 1.39. The molecule has 0 unspecified atom stereocenters. The van der Waals surface area contributed by atoms with E-state index < -0.39 is 15.3 Å². The monoisotopic (exact) mass is 532 g/mol. The van der Waals surface area contributed by atoms with Crippen molar-refractivity contribution in [2.45, 2.75) is 71.4 Å². The number of sulfone groups is 1. The fourth-order valence-electron chi connectivity index (χ4n) is 6.05. The summed E-state index contributed by atoms with van der Waals surface area (Å²) < 4.78 is 24.0. The lowest BCUT2D eigenvalue weighted by atomic mass is 9.54. The maximum atomic E-state index is 12.7. The number of hydrogen-bond donors (Lipinski definition) is 2. The number of fused-ring (bicyclic) bond motifs is 1. The first kappa shape index (κ1) is 26.8. The van der Waals surface area contributed by atoms with Crippen molar-refractivity contribution in [2.75, 3.05) is 17.6 Å². The van der Waals surface area contributed by atoms with Crippen LogP contribution in [0.25, 0.3) is 0 Å². The molecule has 4 rings (SSSR count). The summed E-state index contributed by atoms with van der Waals surface area (Å²) in [5, 5.41) is 3.52. The van der Waals surface area contributed by atoms with Crippen molar-refractivity contribution in [3.05, 3.63) is 40.4 Å². The molecular weight excluding hydrogens is 496 g/mol. The van der Waals surface area contributed by atoms with Crippen LogP contribution in [-0.4, -0.2) is 42.4 Å². The number of nitrogens with one attached hydrogen (secondary N) is 1. The van der Waals surface area contributed by atoms with Gasteiger partial charge in [0.05, 0.1) is 28.8 Å². The number of primary amides is 1. The first-order valence-electron chi connectivity index (χ1n) is 12.4. The summed E-state index contributed by atoms with van der Waals surface area (Å²) in [7, 11) is -3.26. The predicted octanol–water partition coefficient (Wildman–Crippen LogP) is 3.92. The minimum Gasteiger partial charge on any atom is -0.369 e. The summed E-state index contributed by atoms with van der Waals surface area (Å²) in [6.45, 7) is 11.8. The molecule has 3 N–H and O–H groups in total. The van der Waals surface area contributed by atoms with Gasteiger partial charge in [0.2, 0.25) is 11.8 Å². The first-order valence-corrected chi connectivity index (χ1v) is 14.9. The van der Waals surface area contributed by atoms with Crippen molar-refractivity contribution < 1.29 is 18.0 Å². The van der Waals surface area contributed by atoms with Crippen molar-refractivity contribution in [3.63, 3.8) is 0 Å². The Morgan fingerprint density at radius 2 is 1.86 bits per heavy atom. The molecule has 1 aliphatic carbocycles. The molecule has 196 valence electrons. The van der Waals surface area contributed by atoms with Crippen LogP contribution in [0.4, 0.5) is 5.13 Å². The van der Waals surface area contributed by atoms with Gasteiger partial charge in [-0.25, -0.2) is 13.4 Å². The van der Waals surface area contributed by atoms with Crippen LogP contribution in [0, 0.1) is 16.7 Å². The molecule has 2 heterocycles. The van der Waals surface area contributed by atoms with Gasteiger partial charge in [0.15, 0.2) is 15.0 Å². The molecule has 1 fully saturated rings. The highest BCUT2D eigenvalue weighted by Crippen LogP contribution is 2.56. The largest absolute Gasteiger partial charge is 0.369 e. The number of anilines is 1. The number of thiazole rings is 1. The number of rotatable bonds is 9. The van der Waals surface area contributed by atoms with E-state index in [2.05, 4.69) is 31.0 Å². The van der Waals surface area contributed by atoms with Crippen LogP contribution in [0.1, 0.15) is 69.6 Å². The molecule has 1 aromatic heterocycles. The number of carbonyl (C=O) groups excluding carboxylic acids is 2. The normalized spacial score (nSPS) is 26.0. The van der Waals surface area contributed by atoms with E-state index in [1.165, 1.54) is 16.2 Å². The minimum atomic E-state index is -3.26. The Morgan fingerprint density at radius 1 is 1.22 bits per heavy atom. The predicted molar refractivity (Wildman–Crippen MR) is 141 cm³/mol. The molecule has 2 aliphatic rings. The summed E-state index contributed by atoms with van der Waals surface area (Å²) in [4.78, 5) is 33.1. The van der Waals surface area contributed by atoms with E-state index in [4.69, 9.17) is 10.7 Å². The average Bonchev–Trinajstić information content (AvgIpc) is 3.28. The molecule has 36 heavy (non-hydrogen) atoms. The van der Waals surface area contributed by atoms with E-state index in [0.717, 1.165) is 37.2 Å². The quantitative estimate of drug-likeness (QED) is 0.505. The summed E-state index contributed by atoms with van der Waals surface area (Å²) in [5.74, 6) is -0.00683. The fourth-order valence-corrected chi connectivity index (χ4v) is 7.98. The Morgan fingerprint density at radius 3 is 2.42 bits per heavy atom. The minimum absolute atomic E-state index is 0.0440. The van der Waals surface area contributed by atoms with Crippen molar-refractivity contribution in [1.82, 2.24) is 9.88 Å². The van der Waals surface area contributed by atoms with Crippen LogP contribution in [0.5, 0.6) is 0 Å². The van der Waals surface area contributed by atoms with Gasteiger partial charge in [0, 0.05) is 23.4 Å². The first-order chi connectivity index (χ1) is 16.7. The molecule has 2 amide bonds. The number of nitrogens with two attached hydrogens (primary N) is 1. The fraction of sp³-hybridized carbons (Fsp3) is 0.577. The Kier molecular flexibility index (Phi) is 7.09. The highest BCUT2D eigenvalue weighted by atomic mass is 32.2. The van der Waals surface area contributed by atoms with Crippen LogP contribution in [0.15, 0.2) is 29.2 Å². The number of carbonyl (C=O) groups is 2. The number of hydrogen-bond acceptors (Lipinski definition) is 7. The lowest BCUT2D eigenvalue weighted by Gasteiger charge is -2.53. The third kappa shape index (κ3) is 5.21. The molecule has 1 atom stereocenters. The zero-order chi connectivity index (χ0) is 26.5. The van der Waals surface area contributed by atoms with Gasteiger partial charge in [0.25, 0.3) is 0 Å². The smallest absolute Gasteiger partial charge is 0.230 e. The maximum absolute atomic E-state index is 12.7. The van der Waals surface area contributed by atoms with Crippen molar-refractivity contribution >= 4 is 38.1 Å². The third-order valence-electron chi connectivity index (χ3n) is 7.47. The van der Waals surface area contributed by atoms with E-state index in [1.54, 1.807) is 31.2 Å². The molecule has 1 aliphatic heterocycles. The molecule has 2 aromatic rings. The summed E-state index contributed by atoms with van der Waals surface area (Å²) in [6.07, 6.45) is 1.74. The molecule has 1 saturated carbocycles. The van der Waals surface area contributed by atoms with Crippen LogP contribution in [0.3, 0.4) is 0 Å². The third-order valence-corrected chi connectivity index (χ3v) is 10.2. The second kappa shape index (κ2) is 9.54. The van der Waals surface area contributed by atoms with Gasteiger partial charge in [-0.15, -0.1) is 11.3 Å². The maximum Gasteiger partial charge on any atom is 0.230 e. The highest BCUT2D eigenvalue weighted by molar-refractivity contribution is 7.91. The van der Waals surface area contributed by atoms with Gasteiger partial charge in [-0.2, -0.15) is 0 Å². The number of benzene rings is 1. The Bertz CT molecular complexity index is 1260. The Labute approximate surface area is 217 Å². The summed E-state index contributed by atoms with van der Waals surface area (Å²) >= 11 is 1.51. The van der Waals surface area contributed by atoms with E-state index in [-0.39, 0.29) is 40.3 Å².